The number of nitrogens with one attached hydrogen (secondary N) is 1. The minimum absolute atomic E-state index is 0.00450. The van der Waals surface area contributed by atoms with Gasteiger partial charge in [-0.15, -0.1) is 5.10 Å². The molecule has 1 aromatic carbocycles. The zero-order valence-electron chi connectivity index (χ0n) is 12.0. The molecule has 112 valence electrons. The summed E-state index contributed by atoms with van der Waals surface area (Å²) in [6, 6.07) is 3.67. The van der Waals surface area contributed by atoms with Gasteiger partial charge in [0.15, 0.2) is 5.69 Å². The quantitative estimate of drug-likeness (QED) is 0.659. The van der Waals surface area contributed by atoms with Crippen molar-refractivity contribution in [1.29, 1.82) is 0 Å². The fourth-order valence-electron chi connectivity index (χ4n) is 1.88. The van der Waals surface area contributed by atoms with Crippen LogP contribution in [0.3, 0.4) is 0 Å². The van der Waals surface area contributed by atoms with Crippen molar-refractivity contribution in [3.8, 4) is 5.69 Å². The Balaban J connectivity index is 2.40. The van der Waals surface area contributed by atoms with Crippen molar-refractivity contribution in [1.82, 2.24) is 20.3 Å². The number of aromatic nitrogens is 3. The van der Waals surface area contributed by atoms with Crippen LogP contribution in [0.15, 0.2) is 22.8 Å². The molecule has 0 atom stereocenters. The first kappa shape index (κ1) is 15.6. The summed E-state index contributed by atoms with van der Waals surface area (Å²) < 4.78 is 2.04. The van der Waals surface area contributed by atoms with E-state index in [1.165, 1.54) is 10.7 Å². The highest BCUT2D eigenvalue weighted by Crippen LogP contribution is 2.31. The molecule has 0 unspecified atom stereocenters. The number of benzene rings is 1. The summed E-state index contributed by atoms with van der Waals surface area (Å²) in [4.78, 5) is 10.8. The second-order valence-electron chi connectivity index (χ2n) is 5.06. The van der Waals surface area contributed by atoms with Crippen LogP contribution in [0.2, 0.25) is 0 Å². The molecule has 7 nitrogen and oxygen atoms in total. The normalized spacial score (nSPS) is 11.1. The van der Waals surface area contributed by atoms with E-state index >= 15 is 0 Å². The standard InChI is InChI=1S/C13H16BrN5O2/c1-8(2)15-6-10-7-18(17-16-10)13-11(14)4-9(3)5-12(13)19(20)21/h4-5,7-8,15H,6H2,1-3H3. The first-order valence-electron chi connectivity index (χ1n) is 6.48. The molecule has 8 heteroatoms. The Morgan fingerprint density at radius 3 is 2.81 bits per heavy atom. The van der Waals surface area contributed by atoms with Crippen LogP contribution in [0.4, 0.5) is 5.69 Å². The van der Waals surface area contributed by atoms with Crippen molar-refractivity contribution >= 4 is 21.6 Å². The van der Waals surface area contributed by atoms with Crippen LogP contribution in [-0.2, 0) is 6.54 Å². The van der Waals surface area contributed by atoms with Crippen molar-refractivity contribution in [2.45, 2.75) is 33.4 Å². The zero-order chi connectivity index (χ0) is 15.6. The van der Waals surface area contributed by atoms with Gasteiger partial charge < -0.3 is 5.32 Å². The van der Waals surface area contributed by atoms with Gasteiger partial charge in [-0.2, -0.15) is 0 Å². The van der Waals surface area contributed by atoms with Gasteiger partial charge in [-0.25, -0.2) is 4.68 Å². The molecule has 0 amide bonds. The van der Waals surface area contributed by atoms with Crippen molar-refractivity contribution < 1.29 is 4.92 Å². The van der Waals surface area contributed by atoms with Crippen LogP contribution in [-0.4, -0.2) is 26.0 Å². The lowest BCUT2D eigenvalue weighted by Crippen LogP contribution is -2.21. The zero-order valence-corrected chi connectivity index (χ0v) is 13.6. The first-order chi connectivity index (χ1) is 9.88. The van der Waals surface area contributed by atoms with Crippen LogP contribution in [0, 0.1) is 17.0 Å². The lowest BCUT2D eigenvalue weighted by molar-refractivity contribution is -0.384. The van der Waals surface area contributed by atoms with E-state index in [-0.39, 0.29) is 5.69 Å². The van der Waals surface area contributed by atoms with Gasteiger partial charge in [0.05, 0.1) is 21.3 Å². The summed E-state index contributed by atoms with van der Waals surface area (Å²) in [5.74, 6) is 0. The predicted octanol–water partition coefficient (Wildman–Crippen LogP) is 2.74. The highest BCUT2D eigenvalue weighted by molar-refractivity contribution is 9.10. The van der Waals surface area contributed by atoms with Crippen LogP contribution in [0.25, 0.3) is 5.69 Å². The van der Waals surface area contributed by atoms with Crippen molar-refractivity contribution in [3.05, 3.63) is 44.2 Å². The maximum absolute atomic E-state index is 11.2. The van der Waals surface area contributed by atoms with E-state index in [2.05, 4.69) is 31.6 Å². The van der Waals surface area contributed by atoms with E-state index < -0.39 is 4.92 Å². The summed E-state index contributed by atoms with van der Waals surface area (Å²) >= 11 is 3.37. The fourth-order valence-corrected chi connectivity index (χ4v) is 2.63. The maximum atomic E-state index is 11.2. The van der Waals surface area contributed by atoms with Gasteiger partial charge in [0.25, 0.3) is 5.69 Å². The second kappa shape index (κ2) is 6.31. The first-order valence-corrected chi connectivity index (χ1v) is 7.27. The molecular weight excluding hydrogens is 338 g/mol. The van der Waals surface area contributed by atoms with Crippen LogP contribution >= 0.6 is 15.9 Å². The molecule has 0 bridgehead atoms. The molecule has 0 aliphatic carbocycles. The molecular formula is C13H16BrN5O2. The molecule has 0 saturated heterocycles. The fraction of sp³-hybridized carbons (Fsp3) is 0.385. The monoisotopic (exact) mass is 353 g/mol. The number of hydrogen-bond acceptors (Lipinski definition) is 5. The molecule has 1 N–H and O–H groups in total. The van der Waals surface area contributed by atoms with E-state index in [0.717, 1.165) is 11.3 Å². The smallest absolute Gasteiger partial charge is 0.296 e. The average Bonchev–Trinajstić information content (AvgIpc) is 2.83. The average molecular weight is 354 g/mol. The van der Waals surface area contributed by atoms with Crippen LogP contribution < -0.4 is 5.32 Å². The van der Waals surface area contributed by atoms with E-state index in [1.54, 1.807) is 13.1 Å². The summed E-state index contributed by atoms with van der Waals surface area (Å²) in [7, 11) is 0. The lowest BCUT2D eigenvalue weighted by atomic mass is 10.2. The van der Waals surface area contributed by atoms with Crippen molar-refractivity contribution in [3.63, 3.8) is 0 Å². The molecule has 0 saturated carbocycles. The van der Waals surface area contributed by atoms with E-state index in [0.29, 0.717) is 22.7 Å². The molecule has 0 aliphatic rings. The van der Waals surface area contributed by atoms with Gasteiger partial charge in [-0.05, 0) is 34.5 Å². The van der Waals surface area contributed by atoms with Gasteiger partial charge in [-0.3, -0.25) is 10.1 Å². The number of aryl methyl sites for hydroxylation is 1. The largest absolute Gasteiger partial charge is 0.309 e. The van der Waals surface area contributed by atoms with Crippen LogP contribution in [0.5, 0.6) is 0 Å². The summed E-state index contributed by atoms with van der Waals surface area (Å²) in [6.45, 7) is 6.44. The third-order valence-corrected chi connectivity index (χ3v) is 3.45. The number of halogens is 1. The van der Waals surface area contributed by atoms with E-state index in [9.17, 15) is 10.1 Å². The molecule has 1 aromatic heterocycles. The molecule has 2 rings (SSSR count). The SMILES string of the molecule is Cc1cc(Br)c(-n2cc(CNC(C)C)nn2)c([N+](=O)[O-])c1. The Morgan fingerprint density at radius 1 is 1.48 bits per heavy atom. The Kier molecular flexibility index (Phi) is 4.69. The number of nitrogens with zero attached hydrogens (tertiary/aromatic N) is 4. The Morgan fingerprint density at radius 2 is 2.19 bits per heavy atom. The van der Waals surface area contributed by atoms with E-state index in [4.69, 9.17) is 0 Å². The third kappa shape index (κ3) is 3.64. The molecule has 21 heavy (non-hydrogen) atoms. The third-order valence-electron chi connectivity index (χ3n) is 2.85. The summed E-state index contributed by atoms with van der Waals surface area (Å²) in [5, 5.41) is 22.5. The summed E-state index contributed by atoms with van der Waals surface area (Å²) in [6.07, 6.45) is 1.69. The summed E-state index contributed by atoms with van der Waals surface area (Å²) in [5.41, 5.74) is 1.91. The molecule has 1 heterocycles. The second-order valence-corrected chi connectivity index (χ2v) is 5.92. The number of nitro groups is 1. The van der Waals surface area contributed by atoms with Crippen LogP contribution in [0.1, 0.15) is 25.1 Å². The number of rotatable bonds is 5. The van der Waals surface area contributed by atoms with E-state index in [1.807, 2.05) is 19.9 Å². The van der Waals surface area contributed by atoms with Crippen molar-refractivity contribution in [2.75, 3.05) is 0 Å². The Bertz CT molecular complexity index is 669. The minimum atomic E-state index is -0.416. The van der Waals surface area contributed by atoms with Gasteiger partial charge >= 0.3 is 0 Å². The number of nitro benzene ring substituents is 1. The lowest BCUT2D eigenvalue weighted by Gasteiger charge is -2.06. The highest BCUT2D eigenvalue weighted by atomic mass is 79.9. The topological polar surface area (TPSA) is 85.9 Å². The molecule has 0 aliphatic heterocycles. The molecule has 0 radical (unpaired) electrons. The molecule has 2 aromatic rings. The van der Waals surface area contributed by atoms with Gasteiger partial charge in [0.2, 0.25) is 0 Å². The van der Waals surface area contributed by atoms with Gasteiger partial charge in [-0.1, -0.05) is 19.1 Å². The van der Waals surface area contributed by atoms with Gasteiger partial charge in [0.1, 0.15) is 0 Å². The van der Waals surface area contributed by atoms with Gasteiger partial charge in [0, 0.05) is 18.7 Å². The number of hydrogen-bond donors (Lipinski definition) is 1. The Labute approximate surface area is 130 Å². The maximum Gasteiger partial charge on any atom is 0.296 e. The van der Waals surface area contributed by atoms with Crippen molar-refractivity contribution in [2.24, 2.45) is 0 Å². The molecule has 0 spiro atoms. The highest BCUT2D eigenvalue weighted by Gasteiger charge is 2.20. The molecule has 0 fully saturated rings. The Hall–Kier alpha value is -1.80. The predicted molar refractivity (Wildman–Crippen MR) is 82.4 cm³/mol. The minimum Gasteiger partial charge on any atom is -0.309 e.